The van der Waals surface area contributed by atoms with Gasteiger partial charge in [0.2, 0.25) is 0 Å². The zero-order chi connectivity index (χ0) is 7.73. The molecule has 3 nitrogen and oxygen atoms in total. The highest BCUT2D eigenvalue weighted by molar-refractivity contribution is 4.98. The summed E-state index contributed by atoms with van der Waals surface area (Å²) in [6, 6.07) is 1.94. The van der Waals surface area contributed by atoms with Gasteiger partial charge in [-0.1, -0.05) is 0 Å². The van der Waals surface area contributed by atoms with Gasteiger partial charge in [-0.3, -0.25) is 4.68 Å². The Kier molecular flexibility index (Phi) is 1.46. The van der Waals surface area contributed by atoms with Crippen LogP contribution in [0.3, 0.4) is 0 Å². The van der Waals surface area contributed by atoms with Crippen LogP contribution in [0.15, 0.2) is 18.5 Å². The van der Waals surface area contributed by atoms with E-state index in [1.165, 1.54) is 12.8 Å². The predicted octanol–water partition coefficient (Wildman–Crippen LogP) is 0.764. The van der Waals surface area contributed by atoms with Crippen molar-refractivity contribution in [1.82, 2.24) is 9.78 Å². The maximum absolute atomic E-state index is 5.92. The van der Waals surface area contributed by atoms with Gasteiger partial charge < -0.3 is 5.73 Å². The summed E-state index contributed by atoms with van der Waals surface area (Å²) in [4.78, 5) is 0. The van der Waals surface area contributed by atoms with E-state index in [2.05, 4.69) is 5.10 Å². The van der Waals surface area contributed by atoms with Crippen molar-refractivity contribution in [2.75, 3.05) is 0 Å². The fourth-order valence-electron chi connectivity index (χ4n) is 1.18. The Morgan fingerprint density at radius 1 is 1.55 bits per heavy atom. The maximum Gasteiger partial charge on any atom is 0.0489 e. The molecule has 1 heterocycles. The number of aryl methyl sites for hydroxylation is 1. The average Bonchev–Trinajstić information content (AvgIpc) is 2.53. The first-order valence-corrected chi connectivity index (χ1v) is 4.05. The molecule has 60 valence electrons. The zero-order valence-electron chi connectivity index (χ0n) is 6.53. The summed E-state index contributed by atoms with van der Waals surface area (Å²) in [5.74, 6) is 0. The smallest absolute Gasteiger partial charge is 0.0489 e. The highest BCUT2D eigenvalue weighted by Gasteiger charge is 2.37. The molecule has 1 aliphatic rings. The first-order valence-electron chi connectivity index (χ1n) is 4.05. The molecule has 1 fully saturated rings. The monoisotopic (exact) mass is 151 g/mol. The third-order valence-electron chi connectivity index (χ3n) is 2.29. The quantitative estimate of drug-likeness (QED) is 0.693. The number of nitrogens with two attached hydrogens (primary N) is 1. The summed E-state index contributed by atoms with van der Waals surface area (Å²) in [6.07, 6.45) is 7.22. The summed E-state index contributed by atoms with van der Waals surface area (Å²) in [5, 5.41) is 4.11. The van der Waals surface area contributed by atoms with Crippen molar-refractivity contribution < 1.29 is 0 Å². The molecule has 0 unspecified atom stereocenters. The highest BCUT2D eigenvalue weighted by atomic mass is 15.3. The third-order valence-corrected chi connectivity index (χ3v) is 2.29. The van der Waals surface area contributed by atoms with Crippen LogP contribution in [0.25, 0.3) is 0 Å². The molecule has 0 spiro atoms. The van der Waals surface area contributed by atoms with E-state index in [0.717, 1.165) is 13.0 Å². The Balaban J connectivity index is 1.83. The van der Waals surface area contributed by atoms with Crippen LogP contribution in [0.1, 0.15) is 19.3 Å². The number of aromatic nitrogens is 2. The van der Waals surface area contributed by atoms with Crippen molar-refractivity contribution in [2.45, 2.75) is 31.3 Å². The number of nitrogens with zero attached hydrogens (tertiary/aromatic N) is 2. The van der Waals surface area contributed by atoms with Crippen LogP contribution in [0.5, 0.6) is 0 Å². The normalized spacial score (nSPS) is 20.1. The van der Waals surface area contributed by atoms with Crippen LogP contribution < -0.4 is 5.73 Å². The number of hydrogen-bond acceptors (Lipinski definition) is 2. The van der Waals surface area contributed by atoms with Crippen molar-refractivity contribution in [3.05, 3.63) is 18.5 Å². The van der Waals surface area contributed by atoms with Gasteiger partial charge in [-0.15, -0.1) is 0 Å². The van der Waals surface area contributed by atoms with Gasteiger partial charge in [0.15, 0.2) is 0 Å². The van der Waals surface area contributed by atoms with E-state index in [1.807, 2.05) is 16.9 Å². The standard InChI is InChI=1S/C8H13N3/c9-8(2-3-8)4-7-11-6-1-5-10-11/h1,5-6H,2-4,7,9H2. The molecule has 1 aromatic heterocycles. The predicted molar refractivity (Wildman–Crippen MR) is 43.0 cm³/mol. The van der Waals surface area contributed by atoms with E-state index in [0.29, 0.717) is 0 Å². The zero-order valence-corrected chi connectivity index (χ0v) is 6.53. The van der Waals surface area contributed by atoms with Crippen LogP contribution >= 0.6 is 0 Å². The van der Waals surface area contributed by atoms with Crippen molar-refractivity contribution in [2.24, 2.45) is 5.73 Å². The van der Waals surface area contributed by atoms with E-state index in [4.69, 9.17) is 5.73 Å². The fourth-order valence-corrected chi connectivity index (χ4v) is 1.18. The van der Waals surface area contributed by atoms with Crippen LogP contribution in [-0.4, -0.2) is 15.3 Å². The SMILES string of the molecule is NC1(CCn2cccn2)CC1. The largest absolute Gasteiger partial charge is 0.325 e. The lowest BCUT2D eigenvalue weighted by atomic mass is 10.2. The molecule has 0 aromatic carbocycles. The van der Waals surface area contributed by atoms with Crippen molar-refractivity contribution in [3.8, 4) is 0 Å². The lowest BCUT2D eigenvalue weighted by molar-refractivity contribution is 0.501. The van der Waals surface area contributed by atoms with Gasteiger partial charge in [-0.2, -0.15) is 5.10 Å². The summed E-state index contributed by atoms with van der Waals surface area (Å²) in [6.45, 7) is 0.962. The second-order valence-corrected chi connectivity index (χ2v) is 3.38. The lowest BCUT2D eigenvalue weighted by Gasteiger charge is -2.07. The van der Waals surface area contributed by atoms with E-state index in [1.54, 1.807) is 6.20 Å². The minimum atomic E-state index is 0.159. The Morgan fingerprint density at radius 3 is 2.91 bits per heavy atom. The molecule has 1 aromatic rings. The molecular formula is C8H13N3. The van der Waals surface area contributed by atoms with Crippen LogP contribution in [-0.2, 0) is 6.54 Å². The molecule has 1 saturated carbocycles. The first-order chi connectivity index (χ1) is 5.29. The van der Waals surface area contributed by atoms with Crippen molar-refractivity contribution in [3.63, 3.8) is 0 Å². The summed E-state index contributed by atoms with van der Waals surface area (Å²) < 4.78 is 1.94. The van der Waals surface area contributed by atoms with Gasteiger partial charge in [0.05, 0.1) is 0 Å². The van der Waals surface area contributed by atoms with Gasteiger partial charge in [0.25, 0.3) is 0 Å². The van der Waals surface area contributed by atoms with Gasteiger partial charge in [0, 0.05) is 24.5 Å². The van der Waals surface area contributed by atoms with E-state index >= 15 is 0 Å². The minimum absolute atomic E-state index is 0.159. The van der Waals surface area contributed by atoms with Gasteiger partial charge >= 0.3 is 0 Å². The third kappa shape index (κ3) is 1.60. The molecule has 0 amide bonds. The van der Waals surface area contributed by atoms with Gasteiger partial charge in [-0.05, 0) is 25.3 Å². The molecule has 1 aliphatic carbocycles. The molecule has 3 heteroatoms. The van der Waals surface area contributed by atoms with Crippen molar-refractivity contribution in [1.29, 1.82) is 0 Å². The van der Waals surface area contributed by atoms with Crippen LogP contribution in [0.2, 0.25) is 0 Å². The van der Waals surface area contributed by atoms with Gasteiger partial charge in [-0.25, -0.2) is 0 Å². The lowest BCUT2D eigenvalue weighted by Crippen LogP contribution is -2.23. The van der Waals surface area contributed by atoms with E-state index in [-0.39, 0.29) is 5.54 Å². The summed E-state index contributed by atoms with van der Waals surface area (Å²) in [7, 11) is 0. The number of hydrogen-bond donors (Lipinski definition) is 1. The molecule has 0 bridgehead atoms. The molecule has 0 saturated heterocycles. The highest BCUT2D eigenvalue weighted by Crippen LogP contribution is 2.35. The van der Waals surface area contributed by atoms with Crippen molar-refractivity contribution >= 4 is 0 Å². The molecule has 0 radical (unpaired) electrons. The molecule has 11 heavy (non-hydrogen) atoms. The van der Waals surface area contributed by atoms with E-state index in [9.17, 15) is 0 Å². The average molecular weight is 151 g/mol. The topological polar surface area (TPSA) is 43.8 Å². The number of rotatable bonds is 3. The summed E-state index contributed by atoms with van der Waals surface area (Å²) in [5.41, 5.74) is 6.08. The Bertz CT molecular complexity index is 223. The van der Waals surface area contributed by atoms with Gasteiger partial charge in [0.1, 0.15) is 0 Å². The fraction of sp³-hybridized carbons (Fsp3) is 0.625. The Labute approximate surface area is 66.2 Å². The van der Waals surface area contributed by atoms with Crippen LogP contribution in [0, 0.1) is 0 Å². The summed E-state index contributed by atoms with van der Waals surface area (Å²) >= 11 is 0. The molecule has 2 rings (SSSR count). The van der Waals surface area contributed by atoms with E-state index < -0.39 is 0 Å². The molecular weight excluding hydrogens is 138 g/mol. The maximum atomic E-state index is 5.92. The Hall–Kier alpha value is -0.830. The molecule has 0 aliphatic heterocycles. The second kappa shape index (κ2) is 2.34. The second-order valence-electron chi connectivity index (χ2n) is 3.38. The molecule has 0 atom stereocenters. The van der Waals surface area contributed by atoms with Crippen LogP contribution in [0.4, 0.5) is 0 Å². The first kappa shape index (κ1) is 6.85. The minimum Gasteiger partial charge on any atom is -0.325 e. The molecule has 2 N–H and O–H groups in total. The Morgan fingerprint density at radius 2 is 2.36 bits per heavy atom.